The second-order valence-electron chi connectivity index (χ2n) is 4.63. The van der Waals surface area contributed by atoms with Crippen molar-refractivity contribution in [2.45, 2.75) is 12.5 Å². The smallest absolute Gasteiger partial charge is 0.122 e. The van der Waals surface area contributed by atoms with E-state index < -0.39 is 0 Å². The summed E-state index contributed by atoms with van der Waals surface area (Å²) in [6.45, 7) is 0.624. The zero-order chi connectivity index (χ0) is 14.2. The number of hydrogen-bond acceptors (Lipinski definition) is 3. The van der Waals surface area contributed by atoms with Gasteiger partial charge in [-0.3, -0.25) is 0 Å². The summed E-state index contributed by atoms with van der Waals surface area (Å²) >= 11 is 0. The van der Waals surface area contributed by atoms with Crippen molar-refractivity contribution < 1.29 is 9.47 Å². The van der Waals surface area contributed by atoms with Crippen LogP contribution in [0.1, 0.15) is 5.56 Å². The molecule has 106 valence electrons. The van der Waals surface area contributed by atoms with E-state index in [2.05, 4.69) is 11.4 Å². The molecule has 0 aliphatic heterocycles. The first kappa shape index (κ1) is 14.4. The van der Waals surface area contributed by atoms with E-state index in [4.69, 9.17) is 9.47 Å². The fraction of sp³-hybridized carbons (Fsp3) is 0.294. The van der Waals surface area contributed by atoms with Crippen LogP contribution in [0.15, 0.2) is 54.6 Å². The van der Waals surface area contributed by atoms with Gasteiger partial charge in [0.1, 0.15) is 18.1 Å². The highest BCUT2D eigenvalue weighted by Gasteiger charge is 2.11. The molecule has 0 radical (unpaired) electrons. The normalized spacial score (nSPS) is 11.9. The quantitative estimate of drug-likeness (QED) is 0.840. The van der Waals surface area contributed by atoms with Crippen molar-refractivity contribution in [2.75, 3.05) is 20.8 Å². The predicted octanol–water partition coefficient (Wildman–Crippen LogP) is 2.90. The molecule has 2 aromatic carbocycles. The molecule has 1 unspecified atom stereocenters. The van der Waals surface area contributed by atoms with Gasteiger partial charge >= 0.3 is 0 Å². The molecule has 0 aromatic heterocycles. The SMILES string of the molecule is CNC(COc1ccccc1)Cc1ccccc1OC. The Bertz CT molecular complexity index is 513. The molecule has 0 saturated heterocycles. The van der Waals surface area contributed by atoms with Crippen molar-refractivity contribution in [1.29, 1.82) is 0 Å². The standard InChI is InChI=1S/C17H21NO2/c1-18-15(13-20-16-9-4-3-5-10-16)12-14-8-6-7-11-17(14)19-2/h3-11,15,18H,12-13H2,1-2H3. The van der Waals surface area contributed by atoms with Gasteiger partial charge in [0.15, 0.2) is 0 Å². The number of likely N-dealkylation sites (N-methyl/N-ethyl adjacent to an activating group) is 1. The molecule has 0 heterocycles. The summed E-state index contributed by atoms with van der Waals surface area (Å²) in [5, 5.41) is 3.29. The van der Waals surface area contributed by atoms with Crippen molar-refractivity contribution in [1.82, 2.24) is 5.32 Å². The van der Waals surface area contributed by atoms with Gasteiger partial charge in [-0.1, -0.05) is 36.4 Å². The molecule has 0 spiro atoms. The molecule has 1 N–H and O–H groups in total. The van der Waals surface area contributed by atoms with Gasteiger partial charge in [0.2, 0.25) is 0 Å². The highest BCUT2D eigenvalue weighted by atomic mass is 16.5. The molecule has 1 atom stereocenters. The van der Waals surface area contributed by atoms with Gasteiger partial charge in [-0.15, -0.1) is 0 Å². The molecule has 3 heteroatoms. The van der Waals surface area contributed by atoms with E-state index in [1.54, 1.807) is 7.11 Å². The minimum absolute atomic E-state index is 0.242. The largest absolute Gasteiger partial charge is 0.496 e. The fourth-order valence-corrected chi connectivity index (χ4v) is 2.09. The van der Waals surface area contributed by atoms with E-state index >= 15 is 0 Å². The summed E-state index contributed by atoms with van der Waals surface area (Å²) in [7, 11) is 3.65. The lowest BCUT2D eigenvalue weighted by atomic mass is 10.1. The van der Waals surface area contributed by atoms with Crippen LogP contribution in [0.3, 0.4) is 0 Å². The summed E-state index contributed by atoms with van der Waals surface area (Å²) in [6, 6.07) is 18.2. The maximum absolute atomic E-state index is 5.80. The van der Waals surface area contributed by atoms with Crippen LogP contribution in [0.4, 0.5) is 0 Å². The molecule has 0 aliphatic rings. The molecule has 0 fully saturated rings. The van der Waals surface area contributed by atoms with E-state index in [1.807, 2.05) is 55.6 Å². The fourth-order valence-electron chi connectivity index (χ4n) is 2.09. The summed E-state index contributed by atoms with van der Waals surface area (Å²) < 4.78 is 11.2. The van der Waals surface area contributed by atoms with Gasteiger partial charge < -0.3 is 14.8 Å². The van der Waals surface area contributed by atoms with Crippen LogP contribution in [0, 0.1) is 0 Å². The minimum atomic E-state index is 0.242. The molecule has 3 nitrogen and oxygen atoms in total. The number of benzene rings is 2. The minimum Gasteiger partial charge on any atom is -0.496 e. The number of nitrogens with one attached hydrogen (secondary N) is 1. The van der Waals surface area contributed by atoms with Crippen LogP contribution in [0.5, 0.6) is 11.5 Å². The highest BCUT2D eigenvalue weighted by molar-refractivity contribution is 5.34. The van der Waals surface area contributed by atoms with E-state index in [0.717, 1.165) is 17.9 Å². The number of para-hydroxylation sites is 2. The van der Waals surface area contributed by atoms with E-state index in [1.165, 1.54) is 5.56 Å². The molecule has 20 heavy (non-hydrogen) atoms. The lowest BCUT2D eigenvalue weighted by Crippen LogP contribution is -2.33. The Balaban J connectivity index is 1.95. The molecule has 0 bridgehead atoms. The predicted molar refractivity (Wildman–Crippen MR) is 81.5 cm³/mol. The maximum Gasteiger partial charge on any atom is 0.122 e. The first-order chi connectivity index (χ1) is 9.83. The third-order valence-corrected chi connectivity index (χ3v) is 3.26. The molecule has 0 aliphatic carbocycles. The van der Waals surface area contributed by atoms with Gasteiger partial charge in [-0.2, -0.15) is 0 Å². The third-order valence-electron chi connectivity index (χ3n) is 3.26. The van der Waals surface area contributed by atoms with Gasteiger partial charge in [0.05, 0.1) is 7.11 Å². The lowest BCUT2D eigenvalue weighted by molar-refractivity contribution is 0.268. The Kier molecular flexibility index (Phi) is 5.44. The zero-order valence-electron chi connectivity index (χ0n) is 12.0. The molecular formula is C17H21NO2. The first-order valence-electron chi connectivity index (χ1n) is 6.80. The van der Waals surface area contributed by atoms with E-state index in [0.29, 0.717) is 6.61 Å². The van der Waals surface area contributed by atoms with Crippen LogP contribution in [0.25, 0.3) is 0 Å². The maximum atomic E-state index is 5.80. The number of ether oxygens (including phenoxy) is 2. The van der Waals surface area contributed by atoms with Crippen LogP contribution < -0.4 is 14.8 Å². The van der Waals surface area contributed by atoms with Crippen LogP contribution in [-0.2, 0) is 6.42 Å². The van der Waals surface area contributed by atoms with Gasteiger partial charge in [0, 0.05) is 6.04 Å². The number of rotatable bonds is 7. The van der Waals surface area contributed by atoms with Crippen molar-refractivity contribution in [2.24, 2.45) is 0 Å². The van der Waals surface area contributed by atoms with Gasteiger partial charge in [-0.05, 0) is 37.2 Å². The third kappa shape index (κ3) is 4.00. The summed E-state index contributed by atoms with van der Waals surface area (Å²) in [4.78, 5) is 0. The zero-order valence-corrected chi connectivity index (χ0v) is 12.0. The molecule has 0 saturated carbocycles. The molecular weight excluding hydrogens is 250 g/mol. The Labute approximate surface area is 120 Å². The van der Waals surface area contributed by atoms with Crippen LogP contribution in [0.2, 0.25) is 0 Å². The first-order valence-corrected chi connectivity index (χ1v) is 6.80. The summed E-state index contributed by atoms with van der Waals surface area (Å²) in [5.41, 5.74) is 1.19. The molecule has 0 amide bonds. The Hall–Kier alpha value is -2.00. The van der Waals surface area contributed by atoms with Crippen molar-refractivity contribution in [3.05, 3.63) is 60.2 Å². The number of hydrogen-bond donors (Lipinski definition) is 1. The van der Waals surface area contributed by atoms with E-state index in [-0.39, 0.29) is 6.04 Å². The van der Waals surface area contributed by atoms with Crippen LogP contribution >= 0.6 is 0 Å². The monoisotopic (exact) mass is 271 g/mol. The van der Waals surface area contributed by atoms with Gasteiger partial charge in [-0.25, -0.2) is 0 Å². The summed E-state index contributed by atoms with van der Waals surface area (Å²) in [6.07, 6.45) is 0.868. The van der Waals surface area contributed by atoms with Crippen LogP contribution in [-0.4, -0.2) is 26.8 Å². The molecule has 2 rings (SSSR count). The van der Waals surface area contributed by atoms with Gasteiger partial charge in [0.25, 0.3) is 0 Å². The second-order valence-corrected chi connectivity index (χ2v) is 4.63. The highest BCUT2D eigenvalue weighted by Crippen LogP contribution is 2.19. The Morgan fingerprint density at radius 3 is 2.40 bits per heavy atom. The average molecular weight is 271 g/mol. The average Bonchev–Trinajstić information content (AvgIpc) is 2.52. The Morgan fingerprint density at radius 2 is 1.70 bits per heavy atom. The molecule has 2 aromatic rings. The number of methoxy groups -OCH3 is 1. The lowest BCUT2D eigenvalue weighted by Gasteiger charge is -2.18. The van der Waals surface area contributed by atoms with Crippen molar-refractivity contribution in [3.8, 4) is 11.5 Å². The van der Waals surface area contributed by atoms with Crippen molar-refractivity contribution >= 4 is 0 Å². The summed E-state index contributed by atoms with van der Waals surface area (Å²) in [5.74, 6) is 1.82. The van der Waals surface area contributed by atoms with Crippen molar-refractivity contribution in [3.63, 3.8) is 0 Å². The second kappa shape index (κ2) is 7.56. The Morgan fingerprint density at radius 1 is 1.00 bits per heavy atom. The topological polar surface area (TPSA) is 30.5 Å². The van der Waals surface area contributed by atoms with E-state index in [9.17, 15) is 0 Å².